The molecule has 3 unspecified atom stereocenters. The predicted octanol–water partition coefficient (Wildman–Crippen LogP) is 1.24. The van der Waals surface area contributed by atoms with E-state index in [1.165, 1.54) is 12.1 Å². The molecule has 38 heavy (non-hydrogen) atoms. The number of carbonyl (C=O) groups excluding carboxylic acids is 2. The van der Waals surface area contributed by atoms with E-state index in [1.807, 2.05) is 6.92 Å². The Labute approximate surface area is 222 Å². The fourth-order valence-electron chi connectivity index (χ4n) is 4.67. The summed E-state index contributed by atoms with van der Waals surface area (Å²) in [5, 5.41) is 38.8. The van der Waals surface area contributed by atoms with Gasteiger partial charge in [-0.05, 0) is 92.1 Å². The first-order valence-corrected chi connectivity index (χ1v) is 12.3. The fraction of sp³-hybridized carbons (Fsp3) is 0.385. The third-order valence-electron chi connectivity index (χ3n) is 6.39. The zero-order valence-corrected chi connectivity index (χ0v) is 22.1. The van der Waals surface area contributed by atoms with E-state index >= 15 is 0 Å². The van der Waals surface area contributed by atoms with Crippen LogP contribution < -0.4 is 10.9 Å². The molecule has 0 aromatic heterocycles. The first-order valence-electron chi connectivity index (χ1n) is 12.3. The molecule has 0 saturated carbocycles. The van der Waals surface area contributed by atoms with Crippen LogP contribution in [0.1, 0.15) is 55.2 Å². The molecule has 2 heterocycles. The van der Waals surface area contributed by atoms with E-state index in [2.05, 4.69) is 6.58 Å². The highest BCUT2D eigenvalue weighted by atomic mass is 16.6. The molecule has 202 valence electrons. The normalized spacial score (nSPS) is 18.2. The molecule has 0 saturated heterocycles. The second-order valence-corrected chi connectivity index (χ2v) is 9.10. The van der Waals surface area contributed by atoms with Crippen molar-refractivity contribution < 1.29 is 48.6 Å². The summed E-state index contributed by atoms with van der Waals surface area (Å²) < 4.78 is 20.6. The van der Waals surface area contributed by atoms with Crippen molar-refractivity contribution in [3.8, 4) is 11.5 Å². The van der Waals surface area contributed by atoms with Crippen LogP contribution in [0.4, 0.5) is 0 Å². The van der Waals surface area contributed by atoms with Crippen LogP contribution in [0.2, 0.25) is 0 Å². The Kier molecular flexibility index (Phi) is 9.26. The topological polar surface area (TPSA) is 152 Å². The number of fused-ring (bicyclic) bond motifs is 2. The second-order valence-electron chi connectivity index (χ2n) is 9.10. The Morgan fingerprint density at radius 1 is 0.921 bits per heavy atom. The summed E-state index contributed by atoms with van der Waals surface area (Å²) in [5.41, 5.74) is 4.02. The predicted molar refractivity (Wildman–Crippen MR) is 140 cm³/mol. The minimum Gasteiger partial charge on any atom is -0.508 e. The quantitative estimate of drug-likeness (QED) is 0.246. The summed E-state index contributed by atoms with van der Waals surface area (Å²) in [7, 11) is -2.31. The average molecular weight is 526 g/mol. The maximum atomic E-state index is 11.8. The number of hydrogen-bond acceptors (Lipinski definition) is 10. The highest BCUT2D eigenvalue weighted by Crippen LogP contribution is 2.35. The lowest BCUT2D eigenvalue weighted by Gasteiger charge is -2.20. The lowest BCUT2D eigenvalue weighted by atomic mass is 9.77. The van der Waals surface area contributed by atoms with Crippen molar-refractivity contribution in [1.29, 1.82) is 0 Å². The number of phenolic OH excluding ortho intramolecular Hbond substituents is 2. The molecule has 0 radical (unpaired) electrons. The van der Waals surface area contributed by atoms with Gasteiger partial charge in [0.25, 0.3) is 0 Å². The van der Waals surface area contributed by atoms with Gasteiger partial charge in [-0.3, -0.25) is 4.79 Å². The number of ether oxygens (including phenoxy) is 2. The van der Waals surface area contributed by atoms with Crippen molar-refractivity contribution in [2.75, 3.05) is 13.2 Å². The number of hydrogen-bond donors (Lipinski definition) is 4. The maximum Gasteiger partial charge on any atom is 0.492 e. The van der Waals surface area contributed by atoms with Crippen molar-refractivity contribution in [1.82, 2.24) is 0 Å². The van der Waals surface area contributed by atoms with Gasteiger partial charge in [-0.1, -0.05) is 6.58 Å². The molecule has 3 atom stereocenters. The molecule has 12 heteroatoms. The van der Waals surface area contributed by atoms with Crippen molar-refractivity contribution in [2.24, 2.45) is 5.92 Å². The maximum absolute atomic E-state index is 11.8. The summed E-state index contributed by atoms with van der Waals surface area (Å²) in [6.45, 7) is 13.0. The molecule has 0 bridgehead atoms. The van der Waals surface area contributed by atoms with Crippen LogP contribution in [-0.2, 0) is 28.4 Å². The smallest absolute Gasteiger partial charge is 0.492 e. The molecule has 10 nitrogen and oxygen atoms in total. The Hall–Kier alpha value is -3.31. The van der Waals surface area contributed by atoms with Gasteiger partial charge >= 0.3 is 26.2 Å². The molecular weight excluding hydrogens is 494 g/mol. The summed E-state index contributed by atoms with van der Waals surface area (Å²) in [5.74, 6) is -1.32. The third-order valence-corrected chi connectivity index (χ3v) is 6.39. The number of aromatic hydroxyl groups is 2. The standard InChI is InChI=1S/C13H17BO5.C13H15BO5/c2*1-4-18-13(16)8(3)12-11-7(2)5-9(15)6-10(11)14(17)19-12/h5-6,8,12,15,17H,4H2,1-3H3;5-6,12,15,17H,3-4H2,1-2H3. The Balaban J connectivity index is 0.000000211. The van der Waals surface area contributed by atoms with E-state index in [0.29, 0.717) is 23.1 Å². The van der Waals surface area contributed by atoms with E-state index in [4.69, 9.17) is 18.8 Å². The van der Waals surface area contributed by atoms with E-state index in [9.17, 15) is 29.9 Å². The first kappa shape index (κ1) is 29.2. The van der Waals surface area contributed by atoms with Crippen molar-refractivity contribution in [2.45, 2.75) is 46.8 Å². The monoisotopic (exact) mass is 526 g/mol. The number of esters is 2. The molecule has 2 aliphatic rings. The summed E-state index contributed by atoms with van der Waals surface area (Å²) >= 11 is 0. The minimum absolute atomic E-state index is 0.0429. The summed E-state index contributed by atoms with van der Waals surface area (Å²) in [4.78, 5) is 23.5. The van der Waals surface area contributed by atoms with E-state index in [1.54, 1.807) is 39.8 Å². The molecule has 4 N–H and O–H groups in total. The van der Waals surface area contributed by atoms with Crippen molar-refractivity contribution >= 4 is 37.1 Å². The van der Waals surface area contributed by atoms with Crippen LogP contribution >= 0.6 is 0 Å². The molecule has 0 spiro atoms. The molecule has 2 aromatic carbocycles. The van der Waals surface area contributed by atoms with Crippen LogP contribution in [0.15, 0.2) is 36.4 Å². The minimum atomic E-state index is -1.18. The first-order chi connectivity index (χ1) is 17.9. The van der Waals surface area contributed by atoms with E-state index < -0.39 is 38.3 Å². The number of benzene rings is 2. The molecule has 2 aliphatic heterocycles. The summed E-state index contributed by atoms with van der Waals surface area (Å²) in [6.07, 6.45) is -1.30. The molecule has 0 fully saturated rings. The largest absolute Gasteiger partial charge is 0.508 e. The van der Waals surface area contributed by atoms with Gasteiger partial charge in [0.2, 0.25) is 0 Å². The van der Waals surface area contributed by atoms with Crippen LogP contribution in [0.3, 0.4) is 0 Å². The lowest BCUT2D eigenvalue weighted by molar-refractivity contribution is -0.150. The lowest BCUT2D eigenvalue weighted by Crippen LogP contribution is -2.28. The zero-order valence-electron chi connectivity index (χ0n) is 22.1. The zero-order chi connectivity index (χ0) is 28.3. The summed E-state index contributed by atoms with van der Waals surface area (Å²) in [6, 6.07) is 6.02. The average Bonchev–Trinajstić information content (AvgIpc) is 3.36. The van der Waals surface area contributed by atoms with Crippen LogP contribution in [0.5, 0.6) is 11.5 Å². The molecular formula is C26H32B2O10. The fourth-order valence-corrected chi connectivity index (χ4v) is 4.67. The van der Waals surface area contributed by atoms with Crippen LogP contribution in [0.25, 0.3) is 0 Å². The van der Waals surface area contributed by atoms with Gasteiger partial charge in [-0.2, -0.15) is 0 Å². The van der Waals surface area contributed by atoms with Gasteiger partial charge in [-0.15, -0.1) is 0 Å². The number of rotatable bonds is 6. The Morgan fingerprint density at radius 2 is 1.42 bits per heavy atom. The van der Waals surface area contributed by atoms with E-state index in [0.717, 1.165) is 16.7 Å². The SMILES string of the molecule is C=C(C(=O)OCC)C1OB(O)c2cc(O)cc(C)c21.CCOC(=O)C(C)C1OB(O)c2cc(O)cc(C)c21. The van der Waals surface area contributed by atoms with Gasteiger partial charge in [0.1, 0.15) is 17.6 Å². The molecule has 4 rings (SSSR count). The molecule has 0 aliphatic carbocycles. The Bertz CT molecular complexity index is 1230. The van der Waals surface area contributed by atoms with Crippen molar-refractivity contribution in [3.63, 3.8) is 0 Å². The highest BCUT2D eigenvalue weighted by Gasteiger charge is 2.42. The number of carbonyl (C=O) groups is 2. The number of aryl methyl sites for hydroxylation is 2. The second kappa shape index (κ2) is 12.0. The van der Waals surface area contributed by atoms with Crippen LogP contribution in [-0.4, -0.2) is 59.7 Å². The van der Waals surface area contributed by atoms with Gasteiger partial charge in [-0.25, -0.2) is 4.79 Å². The van der Waals surface area contributed by atoms with Crippen LogP contribution in [0, 0.1) is 19.8 Å². The third kappa shape index (κ3) is 5.88. The van der Waals surface area contributed by atoms with Gasteiger partial charge in [0, 0.05) is 0 Å². The van der Waals surface area contributed by atoms with Gasteiger partial charge in [0.15, 0.2) is 0 Å². The molecule has 0 amide bonds. The van der Waals surface area contributed by atoms with E-state index in [-0.39, 0.29) is 29.6 Å². The van der Waals surface area contributed by atoms with Crippen molar-refractivity contribution in [3.05, 3.63) is 58.7 Å². The van der Waals surface area contributed by atoms with Gasteiger partial charge < -0.3 is 39.0 Å². The highest BCUT2D eigenvalue weighted by molar-refractivity contribution is 6.62. The van der Waals surface area contributed by atoms with Gasteiger partial charge in [0.05, 0.1) is 30.8 Å². The Morgan fingerprint density at radius 3 is 1.97 bits per heavy atom. The number of phenols is 2. The molecule has 2 aromatic rings.